The topological polar surface area (TPSA) is 96.7 Å². The van der Waals surface area contributed by atoms with Gasteiger partial charge < -0.3 is 20.4 Å². The van der Waals surface area contributed by atoms with E-state index in [1.54, 1.807) is 22.8 Å². The first kappa shape index (κ1) is 13.0. The van der Waals surface area contributed by atoms with Crippen LogP contribution in [0.5, 0.6) is 0 Å². The molecule has 1 rings (SSSR count). The van der Waals surface area contributed by atoms with Gasteiger partial charge in [0.15, 0.2) is 0 Å². The van der Waals surface area contributed by atoms with Crippen molar-refractivity contribution < 1.29 is 10.0 Å². The number of nitrogens with zero attached hydrogens (tertiary/aromatic N) is 4. The van der Waals surface area contributed by atoms with Gasteiger partial charge in [-0.15, -0.1) is 0 Å². The predicted octanol–water partition coefficient (Wildman–Crippen LogP) is 0.0187. The number of carbonyl (C=O) groups excluding carboxylic acids is 1. The molecular formula is C10H17N5O2. The minimum Gasteiger partial charge on any atom is -0.409 e. The number of aryl methyl sites for hydroxylation is 1. The van der Waals surface area contributed by atoms with Gasteiger partial charge in [0.05, 0.1) is 12.5 Å². The van der Waals surface area contributed by atoms with Crippen molar-refractivity contribution in [3.05, 3.63) is 18.2 Å². The van der Waals surface area contributed by atoms with Crippen molar-refractivity contribution in [1.29, 1.82) is 0 Å². The smallest absolute Gasteiger partial charge is 0.272 e. The molecule has 1 heterocycles. The highest BCUT2D eigenvalue weighted by molar-refractivity contribution is 5.92. The van der Waals surface area contributed by atoms with Crippen molar-refractivity contribution in [2.45, 2.75) is 13.3 Å². The van der Waals surface area contributed by atoms with Crippen LogP contribution in [0.3, 0.4) is 0 Å². The summed E-state index contributed by atoms with van der Waals surface area (Å²) in [6.07, 6.45) is 3.44. The fraction of sp³-hybridized carbons (Fsp3) is 0.500. The van der Waals surface area contributed by atoms with E-state index in [0.29, 0.717) is 25.2 Å². The number of oxime groups is 1. The van der Waals surface area contributed by atoms with E-state index in [1.807, 2.05) is 6.92 Å². The number of carbonyl (C=O) groups is 1. The number of aromatic nitrogens is 2. The number of hydrogen-bond acceptors (Lipinski definition) is 4. The van der Waals surface area contributed by atoms with Crippen molar-refractivity contribution >= 4 is 11.7 Å². The quantitative estimate of drug-likeness (QED) is 0.327. The fourth-order valence-corrected chi connectivity index (χ4v) is 1.43. The summed E-state index contributed by atoms with van der Waals surface area (Å²) in [6, 6.07) is 0. The molecule has 0 unspecified atom stereocenters. The summed E-state index contributed by atoms with van der Waals surface area (Å²) in [5.74, 6) is -0.000467. The summed E-state index contributed by atoms with van der Waals surface area (Å²) in [6.45, 7) is 2.85. The van der Waals surface area contributed by atoms with E-state index in [9.17, 15) is 4.79 Å². The second kappa shape index (κ2) is 5.88. The highest BCUT2D eigenvalue weighted by Gasteiger charge is 2.17. The first-order valence-electron chi connectivity index (χ1n) is 5.32. The molecule has 0 aromatic carbocycles. The zero-order chi connectivity index (χ0) is 12.8. The maximum atomic E-state index is 12.1. The van der Waals surface area contributed by atoms with Crippen LogP contribution >= 0.6 is 0 Å². The van der Waals surface area contributed by atoms with Crippen molar-refractivity contribution in [1.82, 2.24) is 14.5 Å². The Balaban J connectivity index is 2.68. The molecule has 7 nitrogen and oxygen atoms in total. The van der Waals surface area contributed by atoms with Crippen molar-refractivity contribution in [3.8, 4) is 0 Å². The number of hydrogen-bond donors (Lipinski definition) is 2. The lowest BCUT2D eigenvalue weighted by atomic mass is 10.3. The van der Waals surface area contributed by atoms with Crippen LogP contribution in [0.1, 0.15) is 23.8 Å². The van der Waals surface area contributed by atoms with E-state index in [2.05, 4.69) is 10.1 Å². The van der Waals surface area contributed by atoms with Gasteiger partial charge in [0.25, 0.3) is 5.91 Å². The summed E-state index contributed by atoms with van der Waals surface area (Å²) >= 11 is 0. The molecule has 94 valence electrons. The molecule has 0 atom stereocenters. The molecule has 0 spiro atoms. The van der Waals surface area contributed by atoms with Crippen molar-refractivity contribution in [3.63, 3.8) is 0 Å². The molecule has 17 heavy (non-hydrogen) atoms. The molecule has 0 fully saturated rings. The Morgan fingerprint density at radius 1 is 1.71 bits per heavy atom. The van der Waals surface area contributed by atoms with E-state index in [1.165, 1.54) is 6.20 Å². The van der Waals surface area contributed by atoms with Crippen molar-refractivity contribution in [2.24, 2.45) is 17.9 Å². The van der Waals surface area contributed by atoms with Gasteiger partial charge in [0.2, 0.25) is 0 Å². The van der Waals surface area contributed by atoms with Gasteiger partial charge in [-0.1, -0.05) is 5.16 Å². The van der Waals surface area contributed by atoms with Crippen LogP contribution in [0.15, 0.2) is 17.7 Å². The lowest BCUT2D eigenvalue weighted by Gasteiger charge is -2.20. The molecular weight excluding hydrogens is 222 g/mol. The summed E-state index contributed by atoms with van der Waals surface area (Å²) in [7, 11) is 1.76. The average Bonchev–Trinajstić information content (AvgIpc) is 2.75. The van der Waals surface area contributed by atoms with E-state index in [0.717, 1.165) is 0 Å². The molecule has 0 aliphatic carbocycles. The fourth-order valence-electron chi connectivity index (χ4n) is 1.43. The average molecular weight is 239 g/mol. The van der Waals surface area contributed by atoms with Crippen LogP contribution in [0, 0.1) is 0 Å². The molecule has 0 saturated heterocycles. The predicted molar refractivity (Wildman–Crippen MR) is 62.8 cm³/mol. The minimum atomic E-state index is -0.113. The summed E-state index contributed by atoms with van der Waals surface area (Å²) in [4.78, 5) is 17.6. The van der Waals surface area contributed by atoms with E-state index < -0.39 is 0 Å². The SMILES string of the molecule is CCN(CCC(N)=NO)C(=O)c1cncn1C. The van der Waals surface area contributed by atoms with Gasteiger partial charge >= 0.3 is 0 Å². The van der Waals surface area contributed by atoms with E-state index >= 15 is 0 Å². The summed E-state index contributed by atoms with van der Waals surface area (Å²) in [5.41, 5.74) is 5.89. The van der Waals surface area contributed by atoms with E-state index in [4.69, 9.17) is 10.9 Å². The highest BCUT2D eigenvalue weighted by atomic mass is 16.4. The number of amidine groups is 1. The van der Waals surface area contributed by atoms with Gasteiger partial charge in [0.1, 0.15) is 11.5 Å². The molecule has 3 N–H and O–H groups in total. The molecule has 1 aromatic rings. The van der Waals surface area contributed by atoms with E-state index in [-0.39, 0.29) is 11.7 Å². The maximum Gasteiger partial charge on any atom is 0.272 e. The molecule has 0 saturated carbocycles. The molecule has 0 aliphatic rings. The second-order valence-electron chi connectivity index (χ2n) is 3.62. The normalized spacial score (nSPS) is 11.5. The Hall–Kier alpha value is -2.05. The zero-order valence-corrected chi connectivity index (χ0v) is 10.00. The first-order valence-corrected chi connectivity index (χ1v) is 5.32. The molecule has 0 radical (unpaired) electrons. The largest absolute Gasteiger partial charge is 0.409 e. The van der Waals surface area contributed by atoms with Crippen molar-refractivity contribution in [2.75, 3.05) is 13.1 Å². The third-order valence-electron chi connectivity index (χ3n) is 2.47. The van der Waals surface area contributed by atoms with Gasteiger partial charge in [-0.25, -0.2) is 4.98 Å². The van der Waals surface area contributed by atoms with Gasteiger partial charge in [-0.2, -0.15) is 0 Å². The van der Waals surface area contributed by atoms with Gasteiger partial charge in [-0.05, 0) is 6.92 Å². The Labute approximate surface area is 99.5 Å². The Kier molecular flexibility index (Phi) is 4.50. The summed E-state index contributed by atoms with van der Waals surface area (Å²) in [5, 5.41) is 11.3. The Morgan fingerprint density at radius 2 is 2.41 bits per heavy atom. The number of amides is 1. The number of rotatable bonds is 5. The monoisotopic (exact) mass is 239 g/mol. The third kappa shape index (κ3) is 3.20. The molecule has 0 bridgehead atoms. The Bertz CT molecular complexity index is 413. The first-order chi connectivity index (χ1) is 8.10. The summed E-state index contributed by atoms with van der Waals surface area (Å²) < 4.78 is 1.66. The Morgan fingerprint density at radius 3 is 2.88 bits per heavy atom. The van der Waals surface area contributed by atoms with Crippen LogP contribution in [-0.2, 0) is 7.05 Å². The van der Waals surface area contributed by atoms with Gasteiger partial charge in [-0.3, -0.25) is 4.79 Å². The van der Waals surface area contributed by atoms with Crippen LogP contribution in [0.25, 0.3) is 0 Å². The third-order valence-corrected chi connectivity index (χ3v) is 2.47. The number of nitrogens with two attached hydrogens (primary N) is 1. The van der Waals surface area contributed by atoms with Gasteiger partial charge in [0, 0.05) is 26.6 Å². The lowest BCUT2D eigenvalue weighted by molar-refractivity contribution is 0.0759. The molecule has 0 aliphatic heterocycles. The maximum absolute atomic E-state index is 12.1. The standard InChI is InChI=1S/C10H17N5O2/c1-3-15(5-4-9(11)13-17)10(16)8-6-12-7-14(8)2/h6-7,17H,3-5H2,1-2H3,(H2,11,13). The second-order valence-corrected chi connectivity index (χ2v) is 3.62. The molecule has 1 aromatic heterocycles. The molecule has 7 heteroatoms. The highest BCUT2D eigenvalue weighted by Crippen LogP contribution is 2.04. The van der Waals surface area contributed by atoms with Crippen LogP contribution < -0.4 is 5.73 Å². The van der Waals surface area contributed by atoms with Crippen LogP contribution in [0.2, 0.25) is 0 Å². The molecule has 1 amide bonds. The lowest BCUT2D eigenvalue weighted by Crippen LogP contribution is -2.34. The van der Waals surface area contributed by atoms with Crippen LogP contribution in [-0.4, -0.2) is 44.5 Å². The number of imidazole rings is 1. The van der Waals surface area contributed by atoms with Crippen LogP contribution in [0.4, 0.5) is 0 Å². The minimum absolute atomic E-state index is 0.112. The zero-order valence-electron chi connectivity index (χ0n) is 10.00.